The maximum absolute atomic E-state index is 12.6. The smallest absolute Gasteiger partial charge is 0.251 e. The summed E-state index contributed by atoms with van der Waals surface area (Å²) in [5.74, 6) is 0.459. The lowest BCUT2D eigenvalue weighted by molar-refractivity contribution is 0.0927. The van der Waals surface area contributed by atoms with Crippen LogP contribution in [-0.2, 0) is 0 Å². The van der Waals surface area contributed by atoms with E-state index in [1.54, 1.807) is 6.20 Å². The van der Waals surface area contributed by atoms with Gasteiger partial charge in [-0.2, -0.15) is 0 Å². The van der Waals surface area contributed by atoms with Crippen LogP contribution in [-0.4, -0.2) is 67.5 Å². The molecule has 0 saturated carbocycles. The molecule has 0 radical (unpaired) electrons. The molecule has 1 aliphatic rings. The Morgan fingerprint density at radius 3 is 2.96 bits per heavy atom. The van der Waals surface area contributed by atoms with Crippen LogP contribution in [0, 0.1) is 5.92 Å². The van der Waals surface area contributed by atoms with Crippen LogP contribution in [0.15, 0.2) is 36.5 Å². The first-order valence-electron chi connectivity index (χ1n) is 8.02. The quantitative estimate of drug-likeness (QED) is 0.928. The summed E-state index contributed by atoms with van der Waals surface area (Å²) >= 11 is 0. The number of hydrogen-bond donors (Lipinski definition) is 1. The zero-order chi connectivity index (χ0) is 16.4. The van der Waals surface area contributed by atoms with Gasteiger partial charge in [0, 0.05) is 48.7 Å². The summed E-state index contributed by atoms with van der Waals surface area (Å²) in [6.07, 6.45) is 1.77. The number of carbonyl (C=O) groups excluding carboxylic acids is 1. The average molecular weight is 312 g/mol. The average Bonchev–Trinajstić information content (AvgIpc) is 2.85. The van der Waals surface area contributed by atoms with Crippen LogP contribution in [0.1, 0.15) is 10.4 Å². The molecule has 0 aliphatic carbocycles. The van der Waals surface area contributed by atoms with Crippen molar-refractivity contribution in [2.75, 3.05) is 40.8 Å². The van der Waals surface area contributed by atoms with Gasteiger partial charge in [-0.25, -0.2) is 0 Å². The Hall–Kier alpha value is -1.98. The summed E-state index contributed by atoms with van der Waals surface area (Å²) in [6, 6.07) is 9.74. The summed E-state index contributed by atoms with van der Waals surface area (Å²) in [4.78, 5) is 21.4. The number of rotatable bonds is 4. The van der Waals surface area contributed by atoms with E-state index in [0.29, 0.717) is 11.5 Å². The topological polar surface area (TPSA) is 48.5 Å². The molecule has 122 valence electrons. The Morgan fingerprint density at radius 1 is 1.35 bits per heavy atom. The van der Waals surface area contributed by atoms with Crippen molar-refractivity contribution < 1.29 is 4.79 Å². The minimum Gasteiger partial charge on any atom is -0.348 e. The fourth-order valence-electron chi connectivity index (χ4n) is 3.37. The molecule has 5 heteroatoms. The number of benzene rings is 1. The van der Waals surface area contributed by atoms with Gasteiger partial charge in [0.2, 0.25) is 0 Å². The van der Waals surface area contributed by atoms with Crippen molar-refractivity contribution in [2.24, 2.45) is 5.92 Å². The second-order valence-electron chi connectivity index (χ2n) is 6.73. The zero-order valence-electron chi connectivity index (χ0n) is 14.0. The van der Waals surface area contributed by atoms with Crippen LogP contribution in [0.3, 0.4) is 0 Å². The number of amides is 1. The Morgan fingerprint density at radius 2 is 2.17 bits per heavy atom. The van der Waals surface area contributed by atoms with Gasteiger partial charge >= 0.3 is 0 Å². The maximum Gasteiger partial charge on any atom is 0.251 e. The molecule has 1 N–H and O–H groups in total. The van der Waals surface area contributed by atoms with Crippen molar-refractivity contribution in [1.29, 1.82) is 0 Å². The van der Waals surface area contributed by atoms with E-state index in [4.69, 9.17) is 0 Å². The minimum absolute atomic E-state index is 0.000177. The number of likely N-dealkylation sites (tertiary alicyclic amines) is 1. The summed E-state index contributed by atoms with van der Waals surface area (Å²) in [5, 5.41) is 4.21. The number of aromatic nitrogens is 1. The first-order valence-corrected chi connectivity index (χ1v) is 8.02. The summed E-state index contributed by atoms with van der Waals surface area (Å²) < 4.78 is 0. The first-order chi connectivity index (χ1) is 11.0. The van der Waals surface area contributed by atoms with Crippen molar-refractivity contribution in [3.8, 4) is 0 Å². The van der Waals surface area contributed by atoms with Crippen LogP contribution in [0.2, 0.25) is 0 Å². The van der Waals surface area contributed by atoms with Gasteiger partial charge in [-0.1, -0.05) is 6.07 Å². The highest BCUT2D eigenvalue weighted by Gasteiger charge is 2.32. The van der Waals surface area contributed by atoms with E-state index in [1.165, 1.54) is 0 Å². The van der Waals surface area contributed by atoms with E-state index >= 15 is 0 Å². The van der Waals surface area contributed by atoms with Crippen LogP contribution < -0.4 is 5.32 Å². The van der Waals surface area contributed by atoms with Crippen LogP contribution in [0.5, 0.6) is 0 Å². The first kappa shape index (κ1) is 15.9. The predicted octanol–water partition coefficient (Wildman–Crippen LogP) is 1.46. The highest BCUT2D eigenvalue weighted by atomic mass is 16.1. The highest BCUT2D eigenvalue weighted by molar-refractivity contribution is 5.98. The van der Waals surface area contributed by atoms with Gasteiger partial charge in [-0.3, -0.25) is 9.78 Å². The summed E-state index contributed by atoms with van der Waals surface area (Å²) in [7, 11) is 6.26. The predicted molar refractivity (Wildman–Crippen MR) is 92.5 cm³/mol. The lowest BCUT2D eigenvalue weighted by Gasteiger charge is -2.23. The molecule has 1 amide bonds. The Kier molecular flexibility index (Phi) is 4.59. The fourth-order valence-corrected chi connectivity index (χ4v) is 3.37. The van der Waals surface area contributed by atoms with E-state index in [0.717, 1.165) is 30.5 Å². The monoisotopic (exact) mass is 312 g/mol. The lowest BCUT2D eigenvalue weighted by atomic mass is 10.0. The van der Waals surface area contributed by atoms with Crippen LogP contribution in [0.4, 0.5) is 0 Å². The third-order valence-corrected chi connectivity index (χ3v) is 4.40. The van der Waals surface area contributed by atoms with E-state index in [1.807, 2.05) is 30.3 Å². The van der Waals surface area contributed by atoms with E-state index < -0.39 is 0 Å². The number of pyridine rings is 1. The summed E-state index contributed by atoms with van der Waals surface area (Å²) in [6.45, 7) is 2.90. The summed E-state index contributed by atoms with van der Waals surface area (Å²) in [5.41, 5.74) is 1.61. The Labute approximate surface area is 137 Å². The van der Waals surface area contributed by atoms with Gasteiger partial charge in [0.05, 0.1) is 5.52 Å². The van der Waals surface area contributed by atoms with Gasteiger partial charge in [-0.05, 0) is 45.4 Å². The molecule has 23 heavy (non-hydrogen) atoms. The molecule has 1 aromatic heterocycles. The van der Waals surface area contributed by atoms with Crippen LogP contribution in [0.25, 0.3) is 10.9 Å². The van der Waals surface area contributed by atoms with Gasteiger partial charge in [-0.15, -0.1) is 0 Å². The van der Waals surface area contributed by atoms with Gasteiger partial charge in [0.25, 0.3) is 5.91 Å². The zero-order valence-corrected chi connectivity index (χ0v) is 14.0. The SMILES string of the molecule is CN(C)C[C@@H]1CN(C)C[C@H]1NC(=O)c1ccc2ncccc2c1. The molecule has 1 aromatic carbocycles. The highest BCUT2D eigenvalue weighted by Crippen LogP contribution is 2.18. The van der Waals surface area contributed by atoms with Crippen molar-refractivity contribution in [3.63, 3.8) is 0 Å². The fraction of sp³-hybridized carbons (Fsp3) is 0.444. The molecule has 0 bridgehead atoms. The minimum atomic E-state index is -0.000177. The van der Waals surface area contributed by atoms with Gasteiger partial charge in [0.15, 0.2) is 0 Å². The van der Waals surface area contributed by atoms with E-state index in [2.05, 4.69) is 41.2 Å². The maximum atomic E-state index is 12.6. The molecule has 1 fully saturated rings. The van der Waals surface area contributed by atoms with Crippen molar-refractivity contribution in [3.05, 3.63) is 42.1 Å². The number of carbonyl (C=O) groups is 1. The number of fused-ring (bicyclic) bond motifs is 1. The third kappa shape index (κ3) is 3.68. The molecule has 0 spiro atoms. The van der Waals surface area contributed by atoms with Gasteiger partial charge < -0.3 is 15.1 Å². The van der Waals surface area contributed by atoms with Crippen LogP contribution >= 0.6 is 0 Å². The molecule has 2 heterocycles. The van der Waals surface area contributed by atoms with Crippen molar-refractivity contribution in [2.45, 2.75) is 6.04 Å². The number of nitrogens with zero attached hydrogens (tertiary/aromatic N) is 3. The largest absolute Gasteiger partial charge is 0.348 e. The molecule has 2 atom stereocenters. The number of hydrogen-bond acceptors (Lipinski definition) is 4. The van der Waals surface area contributed by atoms with Crippen molar-refractivity contribution >= 4 is 16.8 Å². The normalized spacial score (nSPS) is 21.9. The molecular formula is C18H24N4O. The second-order valence-corrected chi connectivity index (χ2v) is 6.73. The Balaban J connectivity index is 1.74. The Bertz CT molecular complexity index is 700. The van der Waals surface area contributed by atoms with Crippen molar-refractivity contribution in [1.82, 2.24) is 20.1 Å². The molecule has 2 aromatic rings. The standard InChI is InChI=1S/C18H24N4O/c1-21(2)10-15-11-22(3)12-17(15)20-18(23)14-6-7-16-13(9-14)5-4-8-19-16/h4-9,15,17H,10-12H2,1-3H3,(H,20,23)/t15-,17-/m1/s1. The molecule has 3 rings (SSSR count). The molecule has 1 saturated heterocycles. The second kappa shape index (κ2) is 6.64. The molecule has 1 aliphatic heterocycles. The number of likely N-dealkylation sites (N-methyl/N-ethyl adjacent to an activating group) is 1. The van der Waals surface area contributed by atoms with Gasteiger partial charge in [0.1, 0.15) is 0 Å². The number of nitrogens with one attached hydrogen (secondary N) is 1. The lowest BCUT2D eigenvalue weighted by Crippen LogP contribution is -2.43. The van der Waals surface area contributed by atoms with E-state index in [-0.39, 0.29) is 11.9 Å². The molecular weight excluding hydrogens is 288 g/mol. The molecule has 0 unspecified atom stereocenters. The molecule has 5 nitrogen and oxygen atoms in total. The van der Waals surface area contributed by atoms with E-state index in [9.17, 15) is 4.79 Å². The third-order valence-electron chi connectivity index (χ3n) is 4.40.